The summed E-state index contributed by atoms with van der Waals surface area (Å²) >= 11 is 0. The molecule has 0 bridgehead atoms. The predicted molar refractivity (Wildman–Crippen MR) is 89.7 cm³/mol. The number of rotatable bonds is 11. The van der Waals surface area contributed by atoms with E-state index in [0.717, 1.165) is 6.26 Å². The Morgan fingerprint density at radius 1 is 1.04 bits per heavy atom. The zero-order valence-corrected chi connectivity index (χ0v) is 17.6. The predicted octanol–water partition coefficient (Wildman–Crippen LogP) is -1.75. The van der Waals surface area contributed by atoms with E-state index < -0.39 is 36.2 Å². The molecule has 0 heterocycles. The van der Waals surface area contributed by atoms with Crippen molar-refractivity contribution in [3.63, 3.8) is 0 Å². The van der Waals surface area contributed by atoms with E-state index in [1.807, 2.05) is 0 Å². The number of allylic oxidation sites excluding steroid dienone is 4. The monoisotopic (exact) mass is 373 g/mol. The number of imide groups is 1. The van der Waals surface area contributed by atoms with Gasteiger partial charge in [-0.2, -0.15) is 0 Å². The molecule has 0 aromatic rings. The van der Waals surface area contributed by atoms with Crippen LogP contribution in [0.2, 0.25) is 0 Å². The smallest absolute Gasteiger partial charge is 0.548 e. The van der Waals surface area contributed by atoms with Gasteiger partial charge in [-0.25, -0.2) is 0 Å². The van der Waals surface area contributed by atoms with Gasteiger partial charge in [0.2, 0.25) is 11.8 Å². The fraction of sp³-hybridized carbons (Fsp3) is 0.444. The Hall–Kier alpha value is -1.70. The van der Waals surface area contributed by atoms with Gasteiger partial charge in [-0.3, -0.25) is 19.3 Å². The third kappa shape index (κ3) is 10.3. The number of carbonyl (C=O) groups excluding carboxylic acids is 4. The van der Waals surface area contributed by atoms with Crippen molar-refractivity contribution in [2.75, 3.05) is 0 Å². The zero-order valence-electron chi connectivity index (χ0n) is 15.6. The van der Waals surface area contributed by atoms with Crippen molar-refractivity contribution >= 4 is 23.8 Å². The van der Waals surface area contributed by atoms with Gasteiger partial charge in [0.05, 0.1) is 24.7 Å². The van der Waals surface area contributed by atoms with E-state index in [1.54, 1.807) is 38.2 Å². The number of esters is 1. The summed E-state index contributed by atoms with van der Waals surface area (Å²) in [6.07, 6.45) is 7.67. The van der Waals surface area contributed by atoms with Gasteiger partial charge < -0.3 is 14.6 Å². The second-order valence-electron chi connectivity index (χ2n) is 5.07. The Morgan fingerprint density at radius 2 is 1.50 bits per heavy atom. The summed E-state index contributed by atoms with van der Waals surface area (Å²) < 4.78 is 4.49. The molecule has 26 heavy (non-hydrogen) atoms. The van der Waals surface area contributed by atoms with Crippen molar-refractivity contribution in [1.29, 1.82) is 0 Å². The van der Waals surface area contributed by atoms with Gasteiger partial charge >= 0.3 is 35.5 Å². The fourth-order valence-corrected chi connectivity index (χ4v) is 2.05. The molecule has 0 fully saturated rings. The molecule has 0 radical (unpaired) electrons. The molecule has 0 aromatic heterocycles. The van der Waals surface area contributed by atoms with Crippen molar-refractivity contribution in [3.8, 4) is 0 Å². The summed E-state index contributed by atoms with van der Waals surface area (Å²) in [4.78, 5) is 48.3. The SMILES string of the molecule is C=COC(=O)CC(C(=O)[O-])N(C(=O)CC/C=C/C)C(=O)CC/C=C/C.[Na+]. The molecule has 1 atom stereocenters. The molecular formula is C18H24NNaO6. The first kappa shape index (κ1) is 26.5. The van der Waals surface area contributed by atoms with E-state index in [1.165, 1.54) is 0 Å². The van der Waals surface area contributed by atoms with Gasteiger partial charge in [-0.1, -0.05) is 30.9 Å². The van der Waals surface area contributed by atoms with E-state index in [4.69, 9.17) is 0 Å². The number of hydrogen-bond acceptors (Lipinski definition) is 6. The van der Waals surface area contributed by atoms with Crippen LogP contribution in [0.4, 0.5) is 0 Å². The van der Waals surface area contributed by atoms with Gasteiger partial charge in [0, 0.05) is 12.8 Å². The summed E-state index contributed by atoms with van der Waals surface area (Å²) in [5, 5.41) is 11.4. The average molecular weight is 373 g/mol. The normalized spacial score (nSPS) is 11.6. The quantitative estimate of drug-likeness (QED) is 0.184. The number of carboxylic acid groups (broad SMARTS) is 1. The van der Waals surface area contributed by atoms with Gasteiger partial charge in [0.1, 0.15) is 0 Å². The van der Waals surface area contributed by atoms with Crippen molar-refractivity contribution in [2.45, 2.75) is 52.0 Å². The summed E-state index contributed by atoms with van der Waals surface area (Å²) in [6, 6.07) is -1.72. The van der Waals surface area contributed by atoms with Gasteiger partial charge in [0.15, 0.2) is 0 Å². The number of aliphatic carboxylic acids is 1. The van der Waals surface area contributed by atoms with Crippen molar-refractivity contribution in [1.82, 2.24) is 4.90 Å². The average Bonchev–Trinajstić information content (AvgIpc) is 2.54. The molecule has 1 unspecified atom stereocenters. The van der Waals surface area contributed by atoms with E-state index in [9.17, 15) is 24.3 Å². The van der Waals surface area contributed by atoms with Gasteiger partial charge in [0.25, 0.3) is 0 Å². The summed E-state index contributed by atoms with van der Waals surface area (Å²) in [6.45, 7) is 6.75. The molecular weight excluding hydrogens is 349 g/mol. The molecule has 0 saturated carbocycles. The van der Waals surface area contributed by atoms with Crippen LogP contribution in [0, 0.1) is 0 Å². The minimum Gasteiger partial charge on any atom is -0.548 e. The Morgan fingerprint density at radius 3 is 1.85 bits per heavy atom. The largest absolute Gasteiger partial charge is 1.00 e. The Labute approximate surface area is 176 Å². The molecule has 0 aliphatic rings. The first-order valence-corrected chi connectivity index (χ1v) is 7.97. The van der Waals surface area contributed by atoms with E-state index in [2.05, 4.69) is 11.3 Å². The number of nitrogens with zero attached hydrogens (tertiary/aromatic N) is 1. The third-order valence-corrected chi connectivity index (χ3v) is 3.22. The molecule has 0 N–H and O–H groups in total. The molecule has 0 aliphatic carbocycles. The topological polar surface area (TPSA) is 104 Å². The van der Waals surface area contributed by atoms with Crippen molar-refractivity contribution < 1.29 is 58.6 Å². The summed E-state index contributed by atoms with van der Waals surface area (Å²) in [5.74, 6) is -3.97. The Balaban J connectivity index is 0. The maximum Gasteiger partial charge on any atom is 1.00 e. The van der Waals surface area contributed by atoms with Crippen LogP contribution < -0.4 is 34.7 Å². The minimum absolute atomic E-state index is 0. The molecule has 0 spiro atoms. The van der Waals surface area contributed by atoms with Crippen LogP contribution in [0.5, 0.6) is 0 Å². The molecule has 8 heteroatoms. The van der Waals surface area contributed by atoms with E-state index in [0.29, 0.717) is 17.7 Å². The molecule has 0 saturated heterocycles. The summed E-state index contributed by atoms with van der Waals surface area (Å²) in [7, 11) is 0. The van der Waals surface area contributed by atoms with Crippen LogP contribution in [-0.2, 0) is 23.9 Å². The molecule has 0 aromatic carbocycles. The third-order valence-electron chi connectivity index (χ3n) is 3.22. The molecule has 0 aliphatic heterocycles. The van der Waals surface area contributed by atoms with Crippen LogP contribution in [0.1, 0.15) is 46.0 Å². The van der Waals surface area contributed by atoms with Crippen LogP contribution in [-0.4, -0.2) is 34.7 Å². The molecule has 138 valence electrons. The molecule has 2 amide bonds. The van der Waals surface area contributed by atoms with Crippen LogP contribution in [0.15, 0.2) is 37.1 Å². The van der Waals surface area contributed by atoms with Crippen molar-refractivity contribution in [3.05, 3.63) is 37.1 Å². The van der Waals surface area contributed by atoms with E-state index in [-0.39, 0.29) is 42.4 Å². The first-order valence-electron chi connectivity index (χ1n) is 7.97. The van der Waals surface area contributed by atoms with Gasteiger partial charge in [-0.15, -0.1) is 0 Å². The van der Waals surface area contributed by atoms with Gasteiger partial charge in [-0.05, 0) is 26.7 Å². The Bertz CT molecular complexity index is 528. The number of hydrogen-bond donors (Lipinski definition) is 0. The fourth-order valence-electron chi connectivity index (χ4n) is 2.05. The van der Waals surface area contributed by atoms with Crippen LogP contribution in [0.3, 0.4) is 0 Å². The molecule has 7 nitrogen and oxygen atoms in total. The second-order valence-corrected chi connectivity index (χ2v) is 5.07. The van der Waals surface area contributed by atoms with Crippen LogP contribution in [0.25, 0.3) is 0 Å². The zero-order chi connectivity index (χ0) is 19.2. The van der Waals surface area contributed by atoms with Crippen LogP contribution >= 0.6 is 0 Å². The van der Waals surface area contributed by atoms with E-state index >= 15 is 0 Å². The maximum atomic E-state index is 12.4. The maximum absolute atomic E-state index is 12.4. The summed E-state index contributed by atoms with van der Waals surface area (Å²) in [5.41, 5.74) is 0. The number of carboxylic acids is 1. The first-order chi connectivity index (χ1) is 11.9. The Kier molecular flexibility index (Phi) is 15.9. The standard InChI is InChI=1S/C18H25NO6.Na/c1-4-7-9-11-15(20)19(16(21)12-10-8-5-2)14(18(23)24)13-17(22)25-6-3;/h4-8,14H,3,9-13H2,1-2H3,(H,23,24);/q;+1/p-1/b7-4+,8-5+;. The number of ether oxygens (including phenoxy) is 1. The minimum atomic E-state index is -1.72. The number of carbonyl (C=O) groups is 4. The number of amides is 2. The second kappa shape index (κ2) is 15.5. The molecule has 0 rings (SSSR count). The van der Waals surface area contributed by atoms with Crippen molar-refractivity contribution in [2.24, 2.45) is 0 Å².